The number of anilines is 2. The molecule has 1 aromatic rings. The zero-order valence-electron chi connectivity index (χ0n) is 11.8. The van der Waals surface area contributed by atoms with Crippen molar-refractivity contribution in [3.05, 3.63) is 23.8 Å². The second-order valence-corrected chi connectivity index (χ2v) is 4.86. The Morgan fingerprint density at radius 2 is 2.05 bits per heavy atom. The highest BCUT2D eigenvalue weighted by Crippen LogP contribution is 2.18. The van der Waals surface area contributed by atoms with Gasteiger partial charge in [-0.1, -0.05) is 33.1 Å². The molecule has 0 radical (unpaired) electrons. The van der Waals surface area contributed by atoms with Crippen molar-refractivity contribution in [3.8, 4) is 0 Å². The van der Waals surface area contributed by atoms with Crippen LogP contribution in [-0.2, 0) is 4.74 Å². The van der Waals surface area contributed by atoms with Crippen molar-refractivity contribution < 1.29 is 9.53 Å². The first-order chi connectivity index (χ1) is 9.08. The zero-order valence-corrected chi connectivity index (χ0v) is 11.8. The number of nitrogen functional groups attached to an aromatic ring is 2. The number of ether oxygens (including phenoxy) is 1. The number of benzene rings is 1. The van der Waals surface area contributed by atoms with Crippen molar-refractivity contribution in [1.29, 1.82) is 0 Å². The van der Waals surface area contributed by atoms with Crippen LogP contribution in [-0.4, -0.2) is 12.6 Å². The van der Waals surface area contributed by atoms with Crippen LogP contribution in [0.4, 0.5) is 11.4 Å². The number of rotatable bonds is 7. The summed E-state index contributed by atoms with van der Waals surface area (Å²) < 4.78 is 5.34. The number of nitrogens with two attached hydrogens (primary N) is 2. The molecule has 0 bridgehead atoms. The Kier molecular flexibility index (Phi) is 6.19. The average Bonchev–Trinajstić information content (AvgIpc) is 2.41. The van der Waals surface area contributed by atoms with E-state index in [4.69, 9.17) is 16.2 Å². The Morgan fingerprint density at radius 3 is 2.68 bits per heavy atom. The van der Waals surface area contributed by atoms with Gasteiger partial charge in [-0.3, -0.25) is 0 Å². The van der Waals surface area contributed by atoms with Crippen LogP contribution in [0.25, 0.3) is 0 Å². The molecule has 1 rings (SSSR count). The van der Waals surface area contributed by atoms with Crippen LogP contribution < -0.4 is 11.5 Å². The summed E-state index contributed by atoms with van der Waals surface area (Å²) in [6.45, 7) is 4.72. The summed E-state index contributed by atoms with van der Waals surface area (Å²) in [4.78, 5) is 12.0. The van der Waals surface area contributed by atoms with Gasteiger partial charge in [-0.25, -0.2) is 4.79 Å². The Hall–Kier alpha value is -1.71. The normalized spacial score (nSPS) is 12.1. The summed E-state index contributed by atoms with van der Waals surface area (Å²) in [5.41, 5.74) is 12.7. The predicted molar refractivity (Wildman–Crippen MR) is 78.9 cm³/mol. The van der Waals surface area contributed by atoms with Crippen LogP contribution >= 0.6 is 0 Å². The molecule has 0 spiro atoms. The summed E-state index contributed by atoms with van der Waals surface area (Å²) >= 11 is 0. The van der Waals surface area contributed by atoms with Crippen molar-refractivity contribution in [1.82, 2.24) is 0 Å². The molecule has 106 valence electrons. The van der Waals surface area contributed by atoms with E-state index in [1.807, 2.05) is 0 Å². The zero-order chi connectivity index (χ0) is 14.3. The summed E-state index contributed by atoms with van der Waals surface area (Å²) in [5, 5.41) is 0. The molecule has 0 saturated heterocycles. The maximum absolute atomic E-state index is 12.0. The monoisotopic (exact) mass is 264 g/mol. The quantitative estimate of drug-likeness (QED) is 0.585. The molecule has 0 heterocycles. The van der Waals surface area contributed by atoms with Crippen molar-refractivity contribution in [2.24, 2.45) is 5.92 Å². The van der Waals surface area contributed by atoms with Gasteiger partial charge in [-0.15, -0.1) is 0 Å². The highest BCUT2D eigenvalue weighted by molar-refractivity contribution is 5.96. The number of esters is 1. The van der Waals surface area contributed by atoms with Crippen LogP contribution in [0.5, 0.6) is 0 Å². The van der Waals surface area contributed by atoms with E-state index in [1.54, 1.807) is 18.2 Å². The lowest BCUT2D eigenvalue weighted by Crippen LogP contribution is -2.15. The molecule has 4 heteroatoms. The van der Waals surface area contributed by atoms with Crippen molar-refractivity contribution in [3.63, 3.8) is 0 Å². The van der Waals surface area contributed by atoms with Crippen LogP contribution in [0.3, 0.4) is 0 Å². The molecule has 4 N–H and O–H groups in total. The van der Waals surface area contributed by atoms with Gasteiger partial charge in [0.1, 0.15) is 0 Å². The van der Waals surface area contributed by atoms with Gasteiger partial charge in [0.05, 0.1) is 12.2 Å². The fraction of sp³-hybridized carbons (Fsp3) is 0.533. The second-order valence-electron chi connectivity index (χ2n) is 4.86. The van der Waals surface area contributed by atoms with E-state index in [9.17, 15) is 4.79 Å². The standard InChI is InChI=1S/C15H24N2O2/c1-3-5-6-11(4-2)10-19-15(18)13-9-12(16)7-8-14(13)17/h7-9,11H,3-6,10,16-17H2,1-2H3. The Morgan fingerprint density at radius 1 is 1.32 bits per heavy atom. The molecule has 0 amide bonds. The van der Waals surface area contributed by atoms with Crippen molar-refractivity contribution >= 4 is 17.3 Å². The summed E-state index contributed by atoms with van der Waals surface area (Å²) in [5.74, 6) is 0.0333. The molecular formula is C15H24N2O2. The van der Waals surface area contributed by atoms with Crippen molar-refractivity contribution in [2.75, 3.05) is 18.1 Å². The SMILES string of the molecule is CCCCC(CC)COC(=O)c1cc(N)ccc1N. The van der Waals surface area contributed by atoms with Gasteiger partial charge in [0.25, 0.3) is 0 Å². The van der Waals surface area contributed by atoms with Gasteiger partial charge >= 0.3 is 5.97 Å². The molecule has 19 heavy (non-hydrogen) atoms. The van der Waals surface area contributed by atoms with Gasteiger partial charge in [-0.2, -0.15) is 0 Å². The lowest BCUT2D eigenvalue weighted by Gasteiger charge is -2.15. The van der Waals surface area contributed by atoms with E-state index in [-0.39, 0.29) is 5.97 Å². The first-order valence-electron chi connectivity index (χ1n) is 6.90. The van der Waals surface area contributed by atoms with Crippen LogP contribution in [0.1, 0.15) is 49.9 Å². The molecular weight excluding hydrogens is 240 g/mol. The van der Waals surface area contributed by atoms with E-state index in [0.717, 1.165) is 25.7 Å². The van der Waals surface area contributed by atoms with E-state index in [1.165, 1.54) is 0 Å². The molecule has 0 fully saturated rings. The molecule has 0 saturated carbocycles. The maximum Gasteiger partial charge on any atom is 0.340 e. The van der Waals surface area contributed by atoms with Gasteiger partial charge in [0, 0.05) is 11.4 Å². The van der Waals surface area contributed by atoms with Crippen LogP contribution in [0.15, 0.2) is 18.2 Å². The van der Waals surface area contributed by atoms with E-state index < -0.39 is 0 Å². The number of carbonyl (C=O) groups is 1. The van der Waals surface area contributed by atoms with Crippen molar-refractivity contribution in [2.45, 2.75) is 39.5 Å². The summed E-state index contributed by atoms with van der Waals surface area (Å²) in [7, 11) is 0. The molecule has 0 aromatic heterocycles. The van der Waals surface area contributed by atoms with Gasteiger partial charge < -0.3 is 16.2 Å². The Labute approximate surface area is 115 Å². The fourth-order valence-corrected chi connectivity index (χ4v) is 1.92. The first-order valence-corrected chi connectivity index (χ1v) is 6.90. The van der Waals surface area contributed by atoms with E-state index in [2.05, 4.69) is 13.8 Å². The number of carbonyl (C=O) groups excluding carboxylic acids is 1. The fourth-order valence-electron chi connectivity index (χ4n) is 1.92. The number of unbranched alkanes of at least 4 members (excludes halogenated alkanes) is 1. The predicted octanol–water partition coefficient (Wildman–Crippen LogP) is 3.22. The highest BCUT2D eigenvalue weighted by Gasteiger charge is 2.14. The highest BCUT2D eigenvalue weighted by atomic mass is 16.5. The minimum Gasteiger partial charge on any atom is -0.462 e. The second kappa shape index (κ2) is 7.67. The lowest BCUT2D eigenvalue weighted by atomic mass is 10.0. The molecule has 0 aliphatic rings. The minimum absolute atomic E-state index is 0.352. The number of hydrogen-bond acceptors (Lipinski definition) is 4. The molecule has 1 aromatic carbocycles. The van der Waals surface area contributed by atoms with Crippen LogP contribution in [0, 0.1) is 5.92 Å². The minimum atomic E-state index is -0.389. The van der Waals surface area contributed by atoms with E-state index in [0.29, 0.717) is 29.5 Å². The average molecular weight is 264 g/mol. The molecule has 0 aliphatic carbocycles. The topological polar surface area (TPSA) is 78.3 Å². The third-order valence-corrected chi connectivity index (χ3v) is 3.29. The summed E-state index contributed by atoms with van der Waals surface area (Å²) in [6.07, 6.45) is 4.43. The lowest BCUT2D eigenvalue weighted by molar-refractivity contribution is 0.0429. The third-order valence-electron chi connectivity index (χ3n) is 3.29. The maximum atomic E-state index is 12.0. The first kappa shape index (κ1) is 15.3. The Bertz CT molecular complexity index is 419. The molecule has 0 aliphatic heterocycles. The number of hydrogen-bond donors (Lipinski definition) is 2. The van der Waals surface area contributed by atoms with Crippen LogP contribution in [0.2, 0.25) is 0 Å². The Balaban J connectivity index is 2.56. The molecule has 4 nitrogen and oxygen atoms in total. The van der Waals surface area contributed by atoms with Gasteiger partial charge in [-0.05, 0) is 30.5 Å². The van der Waals surface area contributed by atoms with E-state index >= 15 is 0 Å². The molecule has 1 unspecified atom stereocenters. The van der Waals surface area contributed by atoms with Gasteiger partial charge in [0.15, 0.2) is 0 Å². The van der Waals surface area contributed by atoms with Gasteiger partial charge in [0.2, 0.25) is 0 Å². The largest absolute Gasteiger partial charge is 0.462 e. The third kappa shape index (κ3) is 4.81. The summed E-state index contributed by atoms with van der Waals surface area (Å²) in [6, 6.07) is 4.85. The molecule has 1 atom stereocenters. The smallest absolute Gasteiger partial charge is 0.340 e.